The minimum Gasteiger partial charge on any atom is -0.223 e. The zero-order valence-corrected chi connectivity index (χ0v) is 14.1. The highest BCUT2D eigenvalue weighted by Crippen LogP contribution is 2.17. The van der Waals surface area contributed by atoms with E-state index < -0.39 is 10.0 Å². The minimum atomic E-state index is -3.14. The average Bonchev–Trinajstić information content (AvgIpc) is 2.95. The summed E-state index contributed by atoms with van der Waals surface area (Å²) in [6.45, 7) is 6.16. The van der Waals surface area contributed by atoms with E-state index in [1.165, 1.54) is 11.3 Å². The highest BCUT2D eigenvalue weighted by Gasteiger charge is 2.10. The maximum atomic E-state index is 11.6. The van der Waals surface area contributed by atoms with Crippen LogP contribution in [0.3, 0.4) is 0 Å². The SMILES string of the molecule is CCCS(=O)(=O)NCCc1csc(-n2nc(C)cc2C)n1. The molecule has 0 bridgehead atoms. The summed E-state index contributed by atoms with van der Waals surface area (Å²) in [4.78, 5) is 4.50. The van der Waals surface area contributed by atoms with Crippen LogP contribution in [0.2, 0.25) is 0 Å². The summed E-state index contributed by atoms with van der Waals surface area (Å²) < 4.78 is 27.5. The summed E-state index contributed by atoms with van der Waals surface area (Å²) in [5.41, 5.74) is 2.87. The number of nitrogens with one attached hydrogen (secondary N) is 1. The molecule has 0 fully saturated rings. The molecule has 2 aromatic heterocycles. The lowest BCUT2D eigenvalue weighted by Gasteiger charge is -2.03. The third-order valence-electron chi connectivity index (χ3n) is 2.91. The number of hydrogen-bond donors (Lipinski definition) is 1. The van der Waals surface area contributed by atoms with Crippen molar-refractivity contribution < 1.29 is 8.42 Å². The lowest BCUT2D eigenvalue weighted by Crippen LogP contribution is -2.28. The predicted octanol–water partition coefficient (Wildman–Crippen LogP) is 1.82. The first kappa shape index (κ1) is 16.1. The van der Waals surface area contributed by atoms with Gasteiger partial charge in [-0.2, -0.15) is 5.10 Å². The van der Waals surface area contributed by atoms with Crippen molar-refractivity contribution in [2.24, 2.45) is 0 Å². The Kier molecular flexibility index (Phi) is 5.13. The van der Waals surface area contributed by atoms with Gasteiger partial charge in [0.25, 0.3) is 0 Å². The van der Waals surface area contributed by atoms with Gasteiger partial charge < -0.3 is 0 Å². The Balaban J connectivity index is 1.97. The topological polar surface area (TPSA) is 76.9 Å². The van der Waals surface area contributed by atoms with E-state index in [4.69, 9.17) is 0 Å². The minimum absolute atomic E-state index is 0.168. The molecular formula is C13H20N4O2S2. The summed E-state index contributed by atoms with van der Waals surface area (Å²) >= 11 is 1.51. The number of aromatic nitrogens is 3. The van der Waals surface area contributed by atoms with Crippen LogP contribution >= 0.6 is 11.3 Å². The molecule has 1 N–H and O–H groups in total. The molecule has 0 saturated heterocycles. The van der Waals surface area contributed by atoms with Crippen molar-refractivity contribution in [1.82, 2.24) is 19.5 Å². The smallest absolute Gasteiger partial charge is 0.211 e. The van der Waals surface area contributed by atoms with E-state index >= 15 is 0 Å². The van der Waals surface area contributed by atoms with Gasteiger partial charge >= 0.3 is 0 Å². The molecule has 0 aliphatic heterocycles. The second-order valence-electron chi connectivity index (χ2n) is 4.92. The quantitative estimate of drug-likeness (QED) is 0.841. The molecule has 0 aliphatic carbocycles. The van der Waals surface area contributed by atoms with E-state index in [2.05, 4.69) is 14.8 Å². The highest BCUT2D eigenvalue weighted by atomic mass is 32.2. The number of thiazole rings is 1. The summed E-state index contributed by atoms with van der Waals surface area (Å²) in [5.74, 6) is 0.168. The third-order valence-corrected chi connectivity index (χ3v) is 5.36. The van der Waals surface area contributed by atoms with Crippen LogP contribution in [0.5, 0.6) is 0 Å². The van der Waals surface area contributed by atoms with Crippen molar-refractivity contribution in [3.63, 3.8) is 0 Å². The Hall–Kier alpha value is -1.25. The molecule has 2 rings (SSSR count). The maximum Gasteiger partial charge on any atom is 0.211 e. The Labute approximate surface area is 129 Å². The van der Waals surface area contributed by atoms with Gasteiger partial charge in [0.2, 0.25) is 15.2 Å². The molecule has 116 valence electrons. The number of nitrogens with zero attached hydrogens (tertiary/aromatic N) is 3. The van der Waals surface area contributed by atoms with Crippen LogP contribution in [0.25, 0.3) is 5.13 Å². The molecule has 2 aromatic rings. The molecule has 0 radical (unpaired) electrons. The zero-order chi connectivity index (χ0) is 15.5. The Morgan fingerprint density at radius 3 is 2.76 bits per heavy atom. The van der Waals surface area contributed by atoms with Crippen molar-refractivity contribution in [3.05, 3.63) is 28.5 Å². The van der Waals surface area contributed by atoms with Gasteiger partial charge in [0, 0.05) is 24.0 Å². The van der Waals surface area contributed by atoms with E-state index in [9.17, 15) is 8.42 Å². The van der Waals surface area contributed by atoms with Gasteiger partial charge in [0.05, 0.1) is 17.1 Å². The fourth-order valence-corrected chi connectivity index (χ4v) is 3.97. The van der Waals surface area contributed by atoms with Gasteiger partial charge in [-0.25, -0.2) is 22.8 Å². The Bertz CT molecular complexity index is 704. The van der Waals surface area contributed by atoms with Crippen molar-refractivity contribution in [3.8, 4) is 5.13 Å². The first-order chi connectivity index (χ1) is 9.91. The number of rotatable bonds is 7. The number of aryl methyl sites for hydroxylation is 2. The van der Waals surface area contributed by atoms with Crippen LogP contribution < -0.4 is 4.72 Å². The first-order valence-corrected chi connectivity index (χ1v) is 9.40. The Morgan fingerprint density at radius 2 is 2.14 bits per heavy atom. The van der Waals surface area contributed by atoms with Gasteiger partial charge in [0.15, 0.2) is 0 Å². The van der Waals surface area contributed by atoms with Gasteiger partial charge in [-0.05, 0) is 26.3 Å². The lowest BCUT2D eigenvalue weighted by atomic mass is 10.3. The maximum absolute atomic E-state index is 11.6. The van der Waals surface area contributed by atoms with E-state index in [1.54, 1.807) is 0 Å². The monoisotopic (exact) mass is 328 g/mol. The van der Waals surface area contributed by atoms with Gasteiger partial charge in [-0.3, -0.25) is 0 Å². The van der Waals surface area contributed by atoms with Crippen LogP contribution in [-0.4, -0.2) is 35.5 Å². The van der Waals surface area contributed by atoms with E-state index in [1.807, 2.05) is 36.9 Å². The van der Waals surface area contributed by atoms with Gasteiger partial charge in [-0.1, -0.05) is 6.92 Å². The van der Waals surface area contributed by atoms with Crippen molar-refractivity contribution in [1.29, 1.82) is 0 Å². The number of sulfonamides is 1. The summed E-state index contributed by atoms with van der Waals surface area (Å²) in [6, 6.07) is 2.00. The van der Waals surface area contributed by atoms with Crippen molar-refractivity contribution in [2.45, 2.75) is 33.6 Å². The molecule has 6 nitrogen and oxygen atoms in total. The van der Waals surface area contributed by atoms with E-state index in [0.717, 1.165) is 22.2 Å². The zero-order valence-electron chi connectivity index (χ0n) is 12.5. The van der Waals surface area contributed by atoms with Crippen LogP contribution in [0.1, 0.15) is 30.4 Å². The molecule has 0 aliphatic rings. The molecule has 0 aromatic carbocycles. The largest absolute Gasteiger partial charge is 0.223 e. The second-order valence-corrected chi connectivity index (χ2v) is 7.69. The van der Waals surface area contributed by atoms with Crippen LogP contribution in [0.4, 0.5) is 0 Å². The fourth-order valence-electron chi connectivity index (χ4n) is 2.01. The lowest BCUT2D eigenvalue weighted by molar-refractivity contribution is 0.580. The van der Waals surface area contributed by atoms with Gasteiger partial charge in [0.1, 0.15) is 0 Å². The molecule has 21 heavy (non-hydrogen) atoms. The molecule has 2 heterocycles. The molecule has 0 atom stereocenters. The molecule has 0 spiro atoms. The second kappa shape index (κ2) is 6.67. The summed E-state index contributed by atoms with van der Waals surface area (Å²) in [5, 5.41) is 7.15. The predicted molar refractivity (Wildman–Crippen MR) is 84.5 cm³/mol. The fraction of sp³-hybridized carbons (Fsp3) is 0.538. The molecule has 0 saturated carbocycles. The van der Waals surface area contributed by atoms with Crippen molar-refractivity contribution in [2.75, 3.05) is 12.3 Å². The standard InChI is InChI=1S/C13H20N4O2S2/c1-4-7-21(18,19)14-6-5-12-9-20-13(15-12)17-11(3)8-10(2)16-17/h8-9,14H,4-7H2,1-3H3. The first-order valence-electron chi connectivity index (χ1n) is 6.86. The van der Waals surface area contributed by atoms with Crippen molar-refractivity contribution >= 4 is 21.4 Å². The van der Waals surface area contributed by atoms with Crippen LogP contribution in [0.15, 0.2) is 11.4 Å². The molecule has 0 unspecified atom stereocenters. The van der Waals surface area contributed by atoms with E-state index in [-0.39, 0.29) is 5.75 Å². The molecule has 8 heteroatoms. The summed E-state index contributed by atoms with van der Waals surface area (Å²) in [6.07, 6.45) is 1.20. The van der Waals surface area contributed by atoms with Crippen LogP contribution in [0, 0.1) is 13.8 Å². The van der Waals surface area contributed by atoms with E-state index in [0.29, 0.717) is 19.4 Å². The van der Waals surface area contributed by atoms with Gasteiger partial charge in [-0.15, -0.1) is 11.3 Å². The average molecular weight is 328 g/mol. The number of hydrogen-bond acceptors (Lipinski definition) is 5. The third kappa shape index (κ3) is 4.36. The highest BCUT2D eigenvalue weighted by molar-refractivity contribution is 7.89. The molecular weight excluding hydrogens is 308 g/mol. The Morgan fingerprint density at radius 1 is 1.38 bits per heavy atom. The summed E-state index contributed by atoms with van der Waals surface area (Å²) in [7, 11) is -3.14. The normalized spacial score (nSPS) is 12.0. The van der Waals surface area contributed by atoms with Crippen LogP contribution in [-0.2, 0) is 16.4 Å². The molecule has 0 amide bonds.